The van der Waals surface area contributed by atoms with E-state index in [0.717, 1.165) is 22.5 Å². The first kappa shape index (κ1) is 18.9. The van der Waals surface area contributed by atoms with E-state index in [1.807, 2.05) is 73.3 Å². The number of benzene rings is 2. The van der Waals surface area contributed by atoms with Gasteiger partial charge in [-0.05, 0) is 48.7 Å². The number of hydrogen-bond donors (Lipinski definition) is 1. The summed E-state index contributed by atoms with van der Waals surface area (Å²) in [4.78, 5) is 18.7. The summed E-state index contributed by atoms with van der Waals surface area (Å²) < 4.78 is 2.03. The molecule has 2 aromatic carbocycles. The van der Waals surface area contributed by atoms with Crippen LogP contribution in [0.15, 0.2) is 60.9 Å². The van der Waals surface area contributed by atoms with Crippen LogP contribution in [0.4, 0.5) is 0 Å². The number of likely N-dealkylation sites (N-methyl/N-ethyl adjacent to an activating group) is 1. The molecule has 3 rings (SSSR count). The van der Waals surface area contributed by atoms with Crippen LogP contribution < -0.4 is 0 Å². The van der Waals surface area contributed by atoms with Gasteiger partial charge in [0.15, 0.2) is 0 Å². The molecule has 0 saturated carbocycles. The Labute approximate surface area is 159 Å². The number of rotatable bonds is 6. The minimum Gasteiger partial charge on any atom is -0.389 e. The minimum absolute atomic E-state index is 0.0127. The van der Waals surface area contributed by atoms with Crippen molar-refractivity contribution in [3.63, 3.8) is 0 Å². The molecule has 0 saturated heterocycles. The number of imidazole rings is 1. The SMILES string of the molecule is Cc1nccn1CCN(C)C(=O)c1cccc(-c2cccc([C@@H](C)O)c2)c1. The topological polar surface area (TPSA) is 58.4 Å². The van der Waals surface area contributed by atoms with Crippen LogP contribution in [0.2, 0.25) is 0 Å². The van der Waals surface area contributed by atoms with Crippen molar-refractivity contribution in [2.75, 3.05) is 13.6 Å². The van der Waals surface area contributed by atoms with Crippen LogP contribution in [-0.2, 0) is 6.54 Å². The fraction of sp³-hybridized carbons (Fsp3) is 0.273. The molecule has 1 N–H and O–H groups in total. The van der Waals surface area contributed by atoms with Crippen LogP contribution in [0.3, 0.4) is 0 Å². The lowest BCUT2D eigenvalue weighted by Crippen LogP contribution is -2.30. The number of aliphatic hydroxyl groups is 1. The van der Waals surface area contributed by atoms with Gasteiger partial charge in [0.25, 0.3) is 5.91 Å². The van der Waals surface area contributed by atoms with Gasteiger partial charge < -0.3 is 14.6 Å². The van der Waals surface area contributed by atoms with E-state index >= 15 is 0 Å². The van der Waals surface area contributed by atoms with Crippen LogP contribution in [-0.4, -0.2) is 39.1 Å². The zero-order valence-corrected chi connectivity index (χ0v) is 16.0. The Morgan fingerprint density at radius 3 is 2.56 bits per heavy atom. The van der Waals surface area contributed by atoms with Crippen molar-refractivity contribution in [2.45, 2.75) is 26.5 Å². The number of aryl methyl sites for hydroxylation is 1. The number of hydrogen-bond acceptors (Lipinski definition) is 3. The highest BCUT2D eigenvalue weighted by Crippen LogP contribution is 2.24. The van der Waals surface area contributed by atoms with Crippen molar-refractivity contribution in [3.8, 4) is 11.1 Å². The highest BCUT2D eigenvalue weighted by atomic mass is 16.3. The Bertz CT molecular complexity index is 931. The van der Waals surface area contributed by atoms with Crippen molar-refractivity contribution in [1.82, 2.24) is 14.5 Å². The number of carbonyl (C=O) groups excluding carboxylic acids is 1. The van der Waals surface area contributed by atoms with Gasteiger partial charge in [0, 0.05) is 38.1 Å². The van der Waals surface area contributed by atoms with E-state index in [2.05, 4.69) is 4.98 Å². The third kappa shape index (κ3) is 4.44. The van der Waals surface area contributed by atoms with Gasteiger partial charge >= 0.3 is 0 Å². The van der Waals surface area contributed by atoms with Crippen LogP contribution in [0.25, 0.3) is 11.1 Å². The van der Waals surface area contributed by atoms with Crippen molar-refractivity contribution in [3.05, 3.63) is 77.9 Å². The smallest absolute Gasteiger partial charge is 0.253 e. The first-order chi connectivity index (χ1) is 13.0. The van der Waals surface area contributed by atoms with Crippen molar-refractivity contribution in [2.24, 2.45) is 0 Å². The zero-order valence-electron chi connectivity index (χ0n) is 16.0. The number of amides is 1. The second-order valence-corrected chi connectivity index (χ2v) is 6.78. The highest BCUT2D eigenvalue weighted by Gasteiger charge is 2.13. The summed E-state index contributed by atoms with van der Waals surface area (Å²) in [6.07, 6.45) is 3.17. The van der Waals surface area contributed by atoms with Crippen molar-refractivity contribution >= 4 is 5.91 Å². The summed E-state index contributed by atoms with van der Waals surface area (Å²) in [7, 11) is 1.81. The predicted octanol–water partition coefficient (Wildman–Crippen LogP) is 3.68. The first-order valence-electron chi connectivity index (χ1n) is 9.07. The number of nitrogens with zero attached hydrogens (tertiary/aromatic N) is 3. The summed E-state index contributed by atoms with van der Waals surface area (Å²) in [5.74, 6) is 0.928. The van der Waals surface area contributed by atoms with E-state index in [9.17, 15) is 9.90 Å². The average Bonchev–Trinajstić information content (AvgIpc) is 3.10. The lowest BCUT2D eigenvalue weighted by atomic mass is 9.99. The van der Waals surface area contributed by atoms with Crippen LogP contribution in [0.1, 0.15) is 34.8 Å². The molecule has 0 radical (unpaired) electrons. The second-order valence-electron chi connectivity index (χ2n) is 6.78. The molecule has 1 atom stereocenters. The molecular weight excluding hydrogens is 338 g/mol. The van der Waals surface area contributed by atoms with Crippen molar-refractivity contribution < 1.29 is 9.90 Å². The molecule has 1 amide bonds. The number of aliphatic hydroxyl groups excluding tert-OH is 1. The van der Waals surface area contributed by atoms with Crippen LogP contribution in [0.5, 0.6) is 0 Å². The third-order valence-electron chi connectivity index (χ3n) is 4.76. The summed E-state index contributed by atoms with van der Waals surface area (Å²) in [6, 6.07) is 15.4. The Kier molecular flexibility index (Phi) is 5.72. The van der Waals surface area contributed by atoms with E-state index in [4.69, 9.17) is 0 Å². The van der Waals surface area contributed by atoms with Crippen molar-refractivity contribution in [1.29, 1.82) is 0 Å². The van der Waals surface area contributed by atoms with Gasteiger partial charge in [-0.2, -0.15) is 0 Å². The Morgan fingerprint density at radius 1 is 1.19 bits per heavy atom. The molecule has 5 heteroatoms. The number of aromatic nitrogens is 2. The molecule has 140 valence electrons. The standard InChI is InChI=1S/C22H25N3O2/c1-16(26)18-6-4-7-19(14-18)20-8-5-9-21(15-20)22(27)24(3)12-13-25-11-10-23-17(25)2/h4-11,14-16,26H,12-13H2,1-3H3/t16-/m1/s1. The summed E-state index contributed by atoms with van der Waals surface area (Å²) in [6.45, 7) is 5.02. The molecule has 1 heterocycles. The largest absolute Gasteiger partial charge is 0.389 e. The zero-order chi connectivity index (χ0) is 19.4. The molecule has 1 aromatic heterocycles. The maximum Gasteiger partial charge on any atom is 0.253 e. The van der Waals surface area contributed by atoms with E-state index in [0.29, 0.717) is 18.7 Å². The van der Waals surface area contributed by atoms with Gasteiger partial charge in [0.05, 0.1) is 6.10 Å². The fourth-order valence-corrected chi connectivity index (χ4v) is 3.03. The van der Waals surface area contributed by atoms with Gasteiger partial charge in [0.2, 0.25) is 0 Å². The molecule has 0 bridgehead atoms. The highest BCUT2D eigenvalue weighted by molar-refractivity contribution is 5.95. The minimum atomic E-state index is -0.521. The molecule has 5 nitrogen and oxygen atoms in total. The van der Waals surface area contributed by atoms with E-state index in [-0.39, 0.29) is 5.91 Å². The summed E-state index contributed by atoms with van der Waals surface area (Å²) in [5, 5.41) is 9.80. The van der Waals surface area contributed by atoms with Gasteiger partial charge in [-0.3, -0.25) is 4.79 Å². The molecule has 0 unspecified atom stereocenters. The van der Waals surface area contributed by atoms with E-state index in [1.165, 1.54) is 0 Å². The molecular formula is C22H25N3O2. The first-order valence-corrected chi connectivity index (χ1v) is 9.07. The Balaban J connectivity index is 1.75. The summed E-state index contributed by atoms with van der Waals surface area (Å²) >= 11 is 0. The Morgan fingerprint density at radius 2 is 1.89 bits per heavy atom. The fourth-order valence-electron chi connectivity index (χ4n) is 3.03. The number of carbonyl (C=O) groups is 1. The predicted molar refractivity (Wildman–Crippen MR) is 106 cm³/mol. The lowest BCUT2D eigenvalue weighted by molar-refractivity contribution is 0.0790. The molecule has 27 heavy (non-hydrogen) atoms. The van der Waals surface area contributed by atoms with Gasteiger partial charge in [0.1, 0.15) is 5.82 Å². The molecule has 0 aliphatic heterocycles. The monoisotopic (exact) mass is 363 g/mol. The second kappa shape index (κ2) is 8.18. The maximum atomic E-state index is 12.8. The van der Waals surface area contributed by atoms with Crippen LogP contribution >= 0.6 is 0 Å². The Hall–Kier alpha value is -2.92. The lowest BCUT2D eigenvalue weighted by Gasteiger charge is -2.18. The molecule has 0 aliphatic rings. The molecule has 3 aromatic rings. The van der Waals surface area contributed by atoms with Crippen LogP contribution in [0, 0.1) is 6.92 Å². The molecule has 0 fully saturated rings. The van der Waals surface area contributed by atoms with Gasteiger partial charge in [-0.15, -0.1) is 0 Å². The van der Waals surface area contributed by atoms with E-state index in [1.54, 1.807) is 18.0 Å². The van der Waals surface area contributed by atoms with Gasteiger partial charge in [-0.1, -0.05) is 30.3 Å². The molecule has 0 aliphatic carbocycles. The third-order valence-corrected chi connectivity index (χ3v) is 4.76. The van der Waals surface area contributed by atoms with E-state index < -0.39 is 6.10 Å². The molecule has 0 spiro atoms. The average molecular weight is 363 g/mol. The maximum absolute atomic E-state index is 12.8. The quantitative estimate of drug-likeness (QED) is 0.727. The van der Waals surface area contributed by atoms with Gasteiger partial charge in [-0.25, -0.2) is 4.98 Å². The summed E-state index contributed by atoms with van der Waals surface area (Å²) in [5.41, 5.74) is 3.46. The normalized spacial score (nSPS) is 12.0.